The molecule has 0 bridgehead atoms. The molecular weight excluding hydrogens is 255 g/mol. The molecule has 0 saturated heterocycles. The van der Waals surface area contributed by atoms with E-state index < -0.39 is 23.3 Å². The second kappa shape index (κ2) is 4.89. The SMILES string of the molecule is Cc1oncc1C(=O)Nc1ccc(F)c(C(=O)O)c1. The van der Waals surface area contributed by atoms with Crippen LogP contribution in [0.1, 0.15) is 26.5 Å². The Kier molecular flexibility index (Phi) is 3.28. The zero-order valence-corrected chi connectivity index (χ0v) is 9.81. The molecule has 1 aromatic carbocycles. The van der Waals surface area contributed by atoms with Gasteiger partial charge in [-0.3, -0.25) is 4.79 Å². The van der Waals surface area contributed by atoms with Crippen LogP contribution in [0.2, 0.25) is 0 Å². The molecule has 0 fully saturated rings. The van der Waals surface area contributed by atoms with Crippen molar-refractivity contribution >= 4 is 17.6 Å². The molecule has 0 atom stereocenters. The van der Waals surface area contributed by atoms with Gasteiger partial charge in [-0.15, -0.1) is 0 Å². The summed E-state index contributed by atoms with van der Waals surface area (Å²) in [4.78, 5) is 22.6. The van der Waals surface area contributed by atoms with E-state index in [9.17, 15) is 14.0 Å². The van der Waals surface area contributed by atoms with Crippen LogP contribution in [0.15, 0.2) is 28.9 Å². The third-order valence-electron chi connectivity index (χ3n) is 2.45. The number of aromatic carboxylic acids is 1. The summed E-state index contributed by atoms with van der Waals surface area (Å²) in [6, 6.07) is 3.28. The molecule has 19 heavy (non-hydrogen) atoms. The van der Waals surface area contributed by atoms with Crippen molar-refractivity contribution in [3.05, 3.63) is 47.1 Å². The van der Waals surface area contributed by atoms with Crippen molar-refractivity contribution in [1.82, 2.24) is 5.16 Å². The minimum atomic E-state index is -1.41. The standard InChI is InChI=1S/C12H9FN2O4/c1-6-9(5-14-19-6)11(16)15-7-2-3-10(13)8(4-7)12(17)18/h2-5H,1H3,(H,15,16)(H,17,18). The van der Waals surface area contributed by atoms with Gasteiger partial charge < -0.3 is 14.9 Å². The van der Waals surface area contributed by atoms with Gasteiger partial charge in [-0.2, -0.15) is 0 Å². The van der Waals surface area contributed by atoms with Gasteiger partial charge in [0.1, 0.15) is 17.1 Å². The van der Waals surface area contributed by atoms with Crippen LogP contribution in [0, 0.1) is 12.7 Å². The molecule has 0 spiro atoms. The Hall–Kier alpha value is -2.70. The van der Waals surface area contributed by atoms with Crippen LogP contribution < -0.4 is 5.32 Å². The van der Waals surface area contributed by atoms with E-state index >= 15 is 0 Å². The molecule has 0 radical (unpaired) electrons. The fourth-order valence-electron chi connectivity index (χ4n) is 1.48. The molecule has 1 amide bonds. The van der Waals surface area contributed by atoms with Crippen molar-refractivity contribution < 1.29 is 23.6 Å². The highest BCUT2D eigenvalue weighted by molar-refractivity contribution is 6.05. The first-order chi connectivity index (χ1) is 8.99. The highest BCUT2D eigenvalue weighted by Gasteiger charge is 2.15. The van der Waals surface area contributed by atoms with Crippen LogP contribution in [0.25, 0.3) is 0 Å². The summed E-state index contributed by atoms with van der Waals surface area (Å²) >= 11 is 0. The fourth-order valence-corrected chi connectivity index (χ4v) is 1.48. The summed E-state index contributed by atoms with van der Waals surface area (Å²) in [7, 11) is 0. The number of carbonyl (C=O) groups is 2. The molecule has 1 heterocycles. The van der Waals surface area contributed by atoms with E-state index in [1.165, 1.54) is 12.3 Å². The predicted octanol–water partition coefficient (Wildman–Crippen LogP) is 2.07. The average Bonchev–Trinajstić information content (AvgIpc) is 2.77. The number of carboxylic acids is 1. The zero-order valence-electron chi connectivity index (χ0n) is 9.81. The smallest absolute Gasteiger partial charge is 0.338 e. The number of aromatic nitrogens is 1. The van der Waals surface area contributed by atoms with E-state index in [1.54, 1.807) is 6.92 Å². The number of benzene rings is 1. The summed E-state index contributed by atoms with van der Waals surface area (Å²) in [5, 5.41) is 14.7. The first-order valence-corrected chi connectivity index (χ1v) is 5.24. The van der Waals surface area contributed by atoms with Gasteiger partial charge in [-0.25, -0.2) is 9.18 Å². The maximum atomic E-state index is 13.2. The van der Waals surface area contributed by atoms with Gasteiger partial charge in [-0.05, 0) is 25.1 Å². The Bertz CT molecular complexity index is 651. The molecule has 0 unspecified atom stereocenters. The van der Waals surface area contributed by atoms with Crippen LogP contribution in [-0.4, -0.2) is 22.1 Å². The number of hydrogen-bond acceptors (Lipinski definition) is 4. The number of rotatable bonds is 3. The van der Waals surface area contributed by atoms with Gasteiger partial charge in [0.05, 0.1) is 11.8 Å². The van der Waals surface area contributed by atoms with Gasteiger partial charge in [0.15, 0.2) is 0 Å². The lowest BCUT2D eigenvalue weighted by molar-refractivity contribution is 0.0691. The number of aryl methyl sites for hydroxylation is 1. The number of amides is 1. The maximum Gasteiger partial charge on any atom is 0.338 e. The van der Waals surface area contributed by atoms with E-state index in [-0.39, 0.29) is 11.3 Å². The normalized spacial score (nSPS) is 10.2. The second-order valence-corrected chi connectivity index (χ2v) is 3.75. The molecule has 0 saturated carbocycles. The molecule has 98 valence electrons. The molecule has 2 N–H and O–H groups in total. The van der Waals surface area contributed by atoms with E-state index in [0.29, 0.717) is 5.76 Å². The Balaban J connectivity index is 2.25. The van der Waals surface area contributed by atoms with Gasteiger partial charge in [0.25, 0.3) is 5.91 Å². The van der Waals surface area contributed by atoms with Crippen molar-refractivity contribution in [2.75, 3.05) is 5.32 Å². The predicted molar refractivity (Wildman–Crippen MR) is 62.6 cm³/mol. The summed E-state index contributed by atoms with van der Waals surface area (Å²) in [6.07, 6.45) is 1.24. The molecular formula is C12H9FN2O4. The number of carboxylic acid groups (broad SMARTS) is 1. The molecule has 2 aromatic rings. The van der Waals surface area contributed by atoms with Gasteiger partial charge in [0, 0.05) is 5.69 Å². The maximum absolute atomic E-state index is 13.2. The summed E-state index contributed by atoms with van der Waals surface area (Å²) in [5.41, 5.74) is -0.120. The Morgan fingerprint density at radius 1 is 1.37 bits per heavy atom. The largest absolute Gasteiger partial charge is 0.478 e. The Morgan fingerprint density at radius 3 is 2.68 bits per heavy atom. The van der Waals surface area contributed by atoms with Crippen LogP contribution in [-0.2, 0) is 0 Å². The topological polar surface area (TPSA) is 92.4 Å². The molecule has 0 aliphatic rings. The fraction of sp³-hybridized carbons (Fsp3) is 0.0833. The van der Waals surface area contributed by atoms with E-state index in [0.717, 1.165) is 12.1 Å². The van der Waals surface area contributed by atoms with Crippen LogP contribution >= 0.6 is 0 Å². The monoisotopic (exact) mass is 264 g/mol. The molecule has 7 heteroatoms. The third kappa shape index (κ3) is 2.59. The van der Waals surface area contributed by atoms with Crippen LogP contribution in [0.4, 0.5) is 10.1 Å². The van der Waals surface area contributed by atoms with Gasteiger partial charge >= 0.3 is 5.97 Å². The third-order valence-corrected chi connectivity index (χ3v) is 2.45. The lowest BCUT2D eigenvalue weighted by atomic mass is 10.2. The van der Waals surface area contributed by atoms with E-state index in [1.807, 2.05) is 0 Å². The van der Waals surface area contributed by atoms with Crippen molar-refractivity contribution in [2.24, 2.45) is 0 Å². The number of anilines is 1. The number of nitrogens with one attached hydrogen (secondary N) is 1. The summed E-state index contributed by atoms with van der Waals surface area (Å²) in [6.45, 7) is 1.56. The molecule has 0 aliphatic heterocycles. The van der Waals surface area contributed by atoms with Crippen molar-refractivity contribution in [2.45, 2.75) is 6.92 Å². The minimum Gasteiger partial charge on any atom is -0.478 e. The quantitative estimate of drug-likeness (QED) is 0.885. The van der Waals surface area contributed by atoms with Crippen molar-refractivity contribution in [1.29, 1.82) is 0 Å². The lowest BCUT2D eigenvalue weighted by Crippen LogP contribution is -2.13. The summed E-state index contributed by atoms with van der Waals surface area (Å²) in [5.74, 6) is -2.46. The van der Waals surface area contributed by atoms with E-state index in [4.69, 9.17) is 9.63 Å². The van der Waals surface area contributed by atoms with Gasteiger partial charge in [-0.1, -0.05) is 5.16 Å². The Labute approximate surface area is 106 Å². The summed E-state index contributed by atoms with van der Waals surface area (Å²) < 4.78 is 17.9. The second-order valence-electron chi connectivity index (χ2n) is 3.75. The van der Waals surface area contributed by atoms with Crippen LogP contribution in [0.5, 0.6) is 0 Å². The van der Waals surface area contributed by atoms with Crippen molar-refractivity contribution in [3.63, 3.8) is 0 Å². The number of hydrogen-bond donors (Lipinski definition) is 2. The molecule has 1 aromatic heterocycles. The number of halogens is 1. The van der Waals surface area contributed by atoms with E-state index in [2.05, 4.69) is 10.5 Å². The molecule has 6 nitrogen and oxygen atoms in total. The molecule has 0 aliphatic carbocycles. The first-order valence-electron chi connectivity index (χ1n) is 5.24. The average molecular weight is 264 g/mol. The molecule has 2 rings (SSSR count). The number of nitrogens with zero attached hydrogens (tertiary/aromatic N) is 1. The highest BCUT2D eigenvalue weighted by Crippen LogP contribution is 2.16. The lowest BCUT2D eigenvalue weighted by Gasteiger charge is -2.05. The highest BCUT2D eigenvalue weighted by atomic mass is 19.1. The van der Waals surface area contributed by atoms with Crippen LogP contribution in [0.3, 0.4) is 0 Å². The zero-order chi connectivity index (χ0) is 14.0. The van der Waals surface area contributed by atoms with Gasteiger partial charge in [0.2, 0.25) is 0 Å². The minimum absolute atomic E-state index is 0.171. The number of carbonyl (C=O) groups excluding carboxylic acids is 1. The Morgan fingerprint density at radius 2 is 2.11 bits per heavy atom. The van der Waals surface area contributed by atoms with Crippen molar-refractivity contribution in [3.8, 4) is 0 Å². The first kappa shape index (κ1) is 12.7.